The Bertz CT molecular complexity index is 822. The molecule has 162 valence electrons. The summed E-state index contributed by atoms with van der Waals surface area (Å²) in [7, 11) is 1.69. The van der Waals surface area contributed by atoms with Crippen molar-refractivity contribution < 1.29 is 19.0 Å². The largest absolute Gasteiger partial charge is 0.497 e. The number of hydrogen-bond acceptors (Lipinski definition) is 5. The van der Waals surface area contributed by atoms with E-state index in [0.717, 1.165) is 30.8 Å². The van der Waals surface area contributed by atoms with Gasteiger partial charge in [0.25, 0.3) is 5.91 Å². The second kappa shape index (κ2) is 10.9. The summed E-state index contributed by atoms with van der Waals surface area (Å²) in [5, 5.41) is 0. The highest BCUT2D eigenvalue weighted by atomic mass is 16.5. The zero-order valence-electron chi connectivity index (χ0n) is 17.9. The van der Waals surface area contributed by atoms with Crippen LogP contribution in [0.25, 0.3) is 0 Å². The number of benzene rings is 2. The molecule has 2 aromatic carbocycles. The molecule has 0 radical (unpaired) electrons. The normalized spacial score (nSPS) is 17.2. The van der Waals surface area contributed by atoms with Crippen molar-refractivity contribution in [1.82, 2.24) is 4.90 Å². The van der Waals surface area contributed by atoms with Crippen LogP contribution in [0.2, 0.25) is 0 Å². The molecule has 1 fully saturated rings. The third kappa shape index (κ3) is 5.89. The minimum absolute atomic E-state index is 0.162. The van der Waals surface area contributed by atoms with Crippen LogP contribution in [-0.2, 0) is 11.3 Å². The Morgan fingerprint density at radius 2 is 1.87 bits per heavy atom. The minimum Gasteiger partial charge on any atom is -0.497 e. The number of amides is 1. The summed E-state index contributed by atoms with van der Waals surface area (Å²) in [6.07, 6.45) is 4.83. The third-order valence-corrected chi connectivity index (χ3v) is 5.43. The van der Waals surface area contributed by atoms with Crippen molar-refractivity contribution >= 4 is 5.91 Å². The predicted octanol–water partition coefficient (Wildman–Crippen LogP) is 4.08. The first-order valence-corrected chi connectivity index (χ1v) is 10.7. The fourth-order valence-corrected chi connectivity index (χ4v) is 3.98. The van der Waals surface area contributed by atoms with E-state index in [2.05, 4.69) is 17.0 Å². The zero-order valence-corrected chi connectivity index (χ0v) is 17.9. The molecule has 3 rings (SSSR count). The minimum atomic E-state index is -0.506. The molecule has 0 aromatic heterocycles. The van der Waals surface area contributed by atoms with Gasteiger partial charge in [-0.25, -0.2) is 0 Å². The van der Waals surface area contributed by atoms with E-state index in [1.807, 2.05) is 37.3 Å². The van der Waals surface area contributed by atoms with Crippen molar-refractivity contribution in [3.63, 3.8) is 0 Å². The van der Waals surface area contributed by atoms with Crippen LogP contribution in [0.5, 0.6) is 17.2 Å². The maximum atomic E-state index is 11.1. The van der Waals surface area contributed by atoms with Crippen molar-refractivity contribution in [2.24, 2.45) is 5.73 Å². The second-order valence-corrected chi connectivity index (χ2v) is 7.58. The van der Waals surface area contributed by atoms with Gasteiger partial charge in [-0.3, -0.25) is 9.69 Å². The number of carbonyl (C=O) groups excluding carboxylic acids is 1. The summed E-state index contributed by atoms with van der Waals surface area (Å²) in [6, 6.07) is 14.7. The first kappa shape index (κ1) is 22.0. The van der Waals surface area contributed by atoms with Crippen molar-refractivity contribution in [1.29, 1.82) is 0 Å². The third-order valence-electron chi connectivity index (χ3n) is 5.43. The maximum Gasteiger partial charge on any atom is 0.255 e. The lowest BCUT2D eigenvalue weighted by Gasteiger charge is -2.30. The monoisotopic (exact) mass is 412 g/mol. The Hall–Kier alpha value is -2.73. The van der Waals surface area contributed by atoms with Gasteiger partial charge in [0, 0.05) is 12.6 Å². The van der Waals surface area contributed by atoms with Crippen LogP contribution in [0.4, 0.5) is 0 Å². The first-order valence-electron chi connectivity index (χ1n) is 10.7. The molecular formula is C24H32N2O4. The number of likely N-dealkylation sites (tertiary alicyclic amines) is 1. The van der Waals surface area contributed by atoms with Crippen LogP contribution < -0.4 is 19.9 Å². The topological polar surface area (TPSA) is 74.0 Å². The van der Waals surface area contributed by atoms with Gasteiger partial charge in [0.1, 0.15) is 5.75 Å². The number of methoxy groups -OCH3 is 1. The van der Waals surface area contributed by atoms with Crippen LogP contribution in [0.3, 0.4) is 0 Å². The Morgan fingerprint density at radius 3 is 2.57 bits per heavy atom. The van der Waals surface area contributed by atoms with Crippen molar-refractivity contribution in [3.8, 4) is 17.2 Å². The number of nitrogens with two attached hydrogens (primary N) is 1. The van der Waals surface area contributed by atoms with Gasteiger partial charge in [0.05, 0.1) is 13.7 Å². The Morgan fingerprint density at radius 1 is 1.07 bits per heavy atom. The molecule has 1 aliphatic rings. The summed E-state index contributed by atoms with van der Waals surface area (Å²) >= 11 is 0. The van der Waals surface area contributed by atoms with Crippen molar-refractivity contribution in [2.75, 3.05) is 26.9 Å². The lowest BCUT2D eigenvalue weighted by atomic mass is 10.00. The van der Waals surface area contributed by atoms with E-state index in [0.29, 0.717) is 24.1 Å². The van der Waals surface area contributed by atoms with E-state index in [-0.39, 0.29) is 6.61 Å². The lowest BCUT2D eigenvalue weighted by Crippen LogP contribution is -2.28. The molecule has 1 amide bonds. The average molecular weight is 413 g/mol. The summed E-state index contributed by atoms with van der Waals surface area (Å²) in [4.78, 5) is 13.6. The molecule has 0 unspecified atom stereocenters. The van der Waals surface area contributed by atoms with Gasteiger partial charge in [0.15, 0.2) is 18.1 Å². The van der Waals surface area contributed by atoms with E-state index in [4.69, 9.17) is 19.9 Å². The molecule has 1 aliphatic heterocycles. The summed E-state index contributed by atoms with van der Waals surface area (Å²) in [6.45, 7) is 4.17. The molecule has 1 saturated heterocycles. The smallest absolute Gasteiger partial charge is 0.255 e. The second-order valence-electron chi connectivity index (χ2n) is 7.58. The zero-order chi connectivity index (χ0) is 21.3. The number of ether oxygens (including phenoxy) is 3. The number of hydrogen-bond donors (Lipinski definition) is 1. The van der Waals surface area contributed by atoms with Gasteiger partial charge in [-0.2, -0.15) is 0 Å². The van der Waals surface area contributed by atoms with Gasteiger partial charge in [-0.05, 0) is 61.7 Å². The molecule has 0 spiro atoms. The Kier molecular flexibility index (Phi) is 7.97. The van der Waals surface area contributed by atoms with Gasteiger partial charge in [-0.1, -0.05) is 31.0 Å². The lowest BCUT2D eigenvalue weighted by molar-refractivity contribution is -0.119. The number of rotatable bonds is 9. The van der Waals surface area contributed by atoms with E-state index >= 15 is 0 Å². The van der Waals surface area contributed by atoms with Gasteiger partial charge in [-0.15, -0.1) is 0 Å². The van der Waals surface area contributed by atoms with Crippen LogP contribution >= 0.6 is 0 Å². The molecule has 0 aliphatic carbocycles. The van der Waals surface area contributed by atoms with Crippen LogP contribution in [0.1, 0.15) is 49.8 Å². The molecule has 6 heteroatoms. The first-order chi connectivity index (χ1) is 14.6. The van der Waals surface area contributed by atoms with E-state index < -0.39 is 5.91 Å². The molecule has 30 heavy (non-hydrogen) atoms. The van der Waals surface area contributed by atoms with E-state index in [9.17, 15) is 4.79 Å². The Labute approximate surface area is 178 Å². The Balaban J connectivity index is 1.79. The van der Waals surface area contributed by atoms with E-state index in [1.54, 1.807) is 7.11 Å². The molecule has 0 bridgehead atoms. The SMILES string of the molecule is CCOc1cc(CN2CCCCC[C@@H]2c2ccc(OC)cc2)ccc1OCC(N)=O. The number of nitrogens with zero attached hydrogens (tertiary/aromatic N) is 1. The highest BCUT2D eigenvalue weighted by Gasteiger charge is 2.23. The summed E-state index contributed by atoms with van der Waals surface area (Å²) < 4.78 is 16.6. The van der Waals surface area contributed by atoms with Gasteiger partial charge < -0.3 is 19.9 Å². The van der Waals surface area contributed by atoms with Gasteiger partial charge >= 0.3 is 0 Å². The van der Waals surface area contributed by atoms with Crippen molar-refractivity contribution in [3.05, 3.63) is 53.6 Å². The number of carbonyl (C=O) groups is 1. The molecule has 0 saturated carbocycles. The maximum absolute atomic E-state index is 11.1. The summed E-state index contributed by atoms with van der Waals surface area (Å²) in [5.41, 5.74) is 7.68. The van der Waals surface area contributed by atoms with Crippen LogP contribution in [-0.4, -0.2) is 37.7 Å². The average Bonchev–Trinajstić information content (AvgIpc) is 2.99. The van der Waals surface area contributed by atoms with Gasteiger partial charge in [0.2, 0.25) is 0 Å². The van der Waals surface area contributed by atoms with E-state index in [1.165, 1.54) is 24.8 Å². The molecular weight excluding hydrogens is 380 g/mol. The molecule has 6 nitrogen and oxygen atoms in total. The highest BCUT2D eigenvalue weighted by Crippen LogP contribution is 2.34. The fourth-order valence-electron chi connectivity index (χ4n) is 3.98. The molecule has 2 N–H and O–H groups in total. The quantitative estimate of drug-likeness (QED) is 0.672. The van der Waals surface area contributed by atoms with Crippen LogP contribution in [0, 0.1) is 0 Å². The number of primary amides is 1. The molecule has 1 heterocycles. The van der Waals surface area contributed by atoms with Crippen LogP contribution in [0.15, 0.2) is 42.5 Å². The predicted molar refractivity (Wildman–Crippen MR) is 117 cm³/mol. The molecule has 1 atom stereocenters. The highest BCUT2D eigenvalue weighted by molar-refractivity contribution is 5.75. The standard InChI is InChI=1S/C24H32N2O4/c1-3-29-23-15-18(8-13-22(23)30-17-24(25)27)16-26-14-6-4-5-7-21(26)19-9-11-20(28-2)12-10-19/h8-13,15,21H,3-7,14,16-17H2,1-2H3,(H2,25,27)/t21-/m1/s1. The van der Waals surface area contributed by atoms with Crippen molar-refractivity contribution in [2.45, 2.75) is 45.2 Å². The summed E-state index contributed by atoms with van der Waals surface area (Å²) in [5.74, 6) is 1.56. The molecule has 2 aromatic rings. The fraction of sp³-hybridized carbons (Fsp3) is 0.458.